The summed E-state index contributed by atoms with van der Waals surface area (Å²) in [6.07, 6.45) is 1.63. The quantitative estimate of drug-likeness (QED) is 0.759. The first-order valence-corrected chi connectivity index (χ1v) is 7.72. The largest absolute Gasteiger partial charge is 0.390 e. The molecule has 2 atom stereocenters. The molecule has 0 aliphatic heterocycles. The summed E-state index contributed by atoms with van der Waals surface area (Å²) < 4.78 is 1.64. The third-order valence-electron chi connectivity index (χ3n) is 4.20. The van der Waals surface area contributed by atoms with E-state index in [1.807, 2.05) is 36.4 Å². The second-order valence-electron chi connectivity index (χ2n) is 5.60. The standard InChI is InChI=1S/C17H14ClN3O2/c18-15-12-7-3-4-8-21(12)16(20-15)17(23)19-14-11-6-2-1-5-10(11)9-13(14)22/h1-8,13-14,22H,9H2,(H,19,23)/t13-,14+/m0/s1. The number of carbonyl (C=O) groups excluding carboxylic acids is 1. The highest BCUT2D eigenvalue weighted by molar-refractivity contribution is 6.33. The molecule has 3 aromatic rings. The van der Waals surface area contributed by atoms with E-state index >= 15 is 0 Å². The van der Waals surface area contributed by atoms with Gasteiger partial charge in [-0.25, -0.2) is 4.98 Å². The number of fused-ring (bicyclic) bond motifs is 2. The molecule has 1 aliphatic rings. The topological polar surface area (TPSA) is 66.6 Å². The summed E-state index contributed by atoms with van der Waals surface area (Å²) in [5.74, 6) is -0.152. The Kier molecular flexibility index (Phi) is 3.32. The van der Waals surface area contributed by atoms with Gasteiger partial charge in [0.2, 0.25) is 5.82 Å². The molecule has 0 unspecified atom stereocenters. The number of aromatic nitrogens is 2. The van der Waals surface area contributed by atoms with Gasteiger partial charge in [-0.05, 0) is 23.3 Å². The zero-order chi connectivity index (χ0) is 16.0. The van der Waals surface area contributed by atoms with Crippen molar-refractivity contribution in [3.63, 3.8) is 0 Å². The zero-order valence-corrected chi connectivity index (χ0v) is 12.9. The number of carbonyl (C=O) groups is 1. The molecule has 2 aromatic heterocycles. The van der Waals surface area contributed by atoms with Crippen LogP contribution in [0.25, 0.3) is 5.52 Å². The number of pyridine rings is 1. The molecular formula is C17H14ClN3O2. The molecule has 2 heterocycles. The van der Waals surface area contributed by atoms with E-state index in [0.29, 0.717) is 11.9 Å². The maximum Gasteiger partial charge on any atom is 0.288 e. The zero-order valence-electron chi connectivity index (χ0n) is 12.1. The van der Waals surface area contributed by atoms with Crippen LogP contribution in [0.5, 0.6) is 0 Å². The lowest BCUT2D eigenvalue weighted by Gasteiger charge is -2.17. The molecule has 0 spiro atoms. The van der Waals surface area contributed by atoms with Crippen molar-refractivity contribution >= 4 is 23.0 Å². The number of benzene rings is 1. The number of hydrogen-bond acceptors (Lipinski definition) is 3. The van der Waals surface area contributed by atoms with Crippen molar-refractivity contribution in [2.75, 3.05) is 0 Å². The number of amides is 1. The Balaban J connectivity index is 1.68. The third-order valence-corrected chi connectivity index (χ3v) is 4.48. The molecule has 1 amide bonds. The summed E-state index contributed by atoms with van der Waals surface area (Å²) in [6, 6.07) is 12.7. The fraction of sp³-hybridized carbons (Fsp3) is 0.176. The lowest BCUT2D eigenvalue weighted by atomic mass is 10.1. The Hall–Kier alpha value is -2.37. The second kappa shape index (κ2) is 5.37. The molecule has 1 aliphatic carbocycles. The fourth-order valence-electron chi connectivity index (χ4n) is 3.11. The molecule has 0 saturated heterocycles. The van der Waals surface area contributed by atoms with Gasteiger partial charge >= 0.3 is 0 Å². The molecule has 0 radical (unpaired) electrons. The van der Waals surface area contributed by atoms with Gasteiger partial charge in [-0.15, -0.1) is 0 Å². The molecule has 6 heteroatoms. The van der Waals surface area contributed by atoms with Gasteiger partial charge in [0.15, 0.2) is 5.15 Å². The number of rotatable bonds is 2. The molecule has 2 N–H and O–H groups in total. The highest BCUT2D eigenvalue weighted by atomic mass is 35.5. The van der Waals surface area contributed by atoms with Gasteiger partial charge in [-0.1, -0.05) is 41.9 Å². The van der Waals surface area contributed by atoms with Crippen LogP contribution in [0.15, 0.2) is 48.7 Å². The Bertz CT molecular complexity index is 906. The highest BCUT2D eigenvalue weighted by Crippen LogP contribution is 2.31. The van der Waals surface area contributed by atoms with Crippen LogP contribution >= 0.6 is 11.6 Å². The van der Waals surface area contributed by atoms with Gasteiger partial charge < -0.3 is 10.4 Å². The monoisotopic (exact) mass is 327 g/mol. The van der Waals surface area contributed by atoms with Crippen LogP contribution in [0, 0.1) is 0 Å². The van der Waals surface area contributed by atoms with Gasteiger partial charge in [0.05, 0.1) is 17.7 Å². The smallest absolute Gasteiger partial charge is 0.288 e. The average Bonchev–Trinajstić information content (AvgIpc) is 3.06. The molecule has 4 rings (SSSR count). The predicted molar refractivity (Wildman–Crippen MR) is 86.6 cm³/mol. The molecular weight excluding hydrogens is 314 g/mol. The van der Waals surface area contributed by atoms with Crippen LogP contribution in [0.2, 0.25) is 5.15 Å². The van der Waals surface area contributed by atoms with Crippen LogP contribution in [0.1, 0.15) is 27.8 Å². The number of nitrogens with one attached hydrogen (secondary N) is 1. The molecule has 0 saturated carbocycles. The summed E-state index contributed by atoms with van der Waals surface area (Å²) in [7, 11) is 0. The Labute approximate surface area is 137 Å². The van der Waals surface area contributed by atoms with Crippen LogP contribution in [0.3, 0.4) is 0 Å². The maximum absolute atomic E-state index is 12.6. The van der Waals surface area contributed by atoms with Crippen LogP contribution in [-0.4, -0.2) is 26.5 Å². The number of imidazole rings is 1. The Morgan fingerprint density at radius 2 is 2.04 bits per heavy atom. The van der Waals surface area contributed by atoms with Gasteiger partial charge in [0, 0.05) is 12.6 Å². The maximum atomic E-state index is 12.6. The van der Waals surface area contributed by atoms with Crippen LogP contribution in [-0.2, 0) is 6.42 Å². The van der Waals surface area contributed by atoms with Crippen molar-refractivity contribution in [3.8, 4) is 0 Å². The van der Waals surface area contributed by atoms with Crippen LogP contribution < -0.4 is 5.32 Å². The minimum atomic E-state index is -0.641. The summed E-state index contributed by atoms with van der Waals surface area (Å²) in [5.41, 5.74) is 2.67. The van der Waals surface area contributed by atoms with E-state index in [2.05, 4.69) is 10.3 Å². The summed E-state index contributed by atoms with van der Waals surface area (Å²) >= 11 is 6.09. The van der Waals surface area contributed by atoms with E-state index in [0.717, 1.165) is 11.1 Å². The number of halogens is 1. The molecule has 5 nitrogen and oxygen atoms in total. The molecule has 1 aromatic carbocycles. The van der Waals surface area contributed by atoms with Crippen molar-refractivity contribution in [2.24, 2.45) is 0 Å². The lowest BCUT2D eigenvalue weighted by molar-refractivity contribution is 0.0847. The van der Waals surface area contributed by atoms with E-state index < -0.39 is 12.1 Å². The number of hydrogen-bond donors (Lipinski definition) is 2. The van der Waals surface area contributed by atoms with E-state index in [1.165, 1.54) is 0 Å². The van der Waals surface area contributed by atoms with E-state index in [1.54, 1.807) is 16.7 Å². The summed E-state index contributed by atoms with van der Waals surface area (Å²) in [6.45, 7) is 0. The Morgan fingerprint density at radius 1 is 1.26 bits per heavy atom. The van der Waals surface area contributed by atoms with Crippen molar-refractivity contribution in [1.82, 2.24) is 14.7 Å². The highest BCUT2D eigenvalue weighted by Gasteiger charge is 2.33. The van der Waals surface area contributed by atoms with E-state index in [9.17, 15) is 9.90 Å². The van der Waals surface area contributed by atoms with E-state index in [-0.39, 0.29) is 16.9 Å². The molecule has 116 valence electrons. The molecule has 0 bridgehead atoms. The minimum Gasteiger partial charge on any atom is -0.390 e. The fourth-order valence-corrected chi connectivity index (χ4v) is 3.35. The summed E-state index contributed by atoms with van der Waals surface area (Å²) in [4.78, 5) is 16.8. The van der Waals surface area contributed by atoms with Crippen molar-refractivity contribution in [2.45, 2.75) is 18.6 Å². The van der Waals surface area contributed by atoms with Crippen molar-refractivity contribution in [3.05, 3.63) is 70.8 Å². The van der Waals surface area contributed by atoms with Gasteiger partial charge in [0.25, 0.3) is 5.91 Å². The second-order valence-corrected chi connectivity index (χ2v) is 5.96. The molecule has 23 heavy (non-hydrogen) atoms. The lowest BCUT2D eigenvalue weighted by Crippen LogP contribution is -2.34. The minimum absolute atomic E-state index is 0.210. The van der Waals surface area contributed by atoms with Crippen molar-refractivity contribution < 1.29 is 9.90 Å². The first-order chi connectivity index (χ1) is 11.1. The molecule has 0 fully saturated rings. The number of aliphatic hydroxyl groups is 1. The Morgan fingerprint density at radius 3 is 2.91 bits per heavy atom. The number of aliphatic hydroxyl groups excluding tert-OH is 1. The normalized spacial score (nSPS) is 19.7. The first kappa shape index (κ1) is 14.2. The number of nitrogens with zero attached hydrogens (tertiary/aromatic N) is 2. The van der Waals surface area contributed by atoms with Gasteiger partial charge in [-0.3, -0.25) is 9.20 Å². The van der Waals surface area contributed by atoms with E-state index in [4.69, 9.17) is 11.6 Å². The van der Waals surface area contributed by atoms with Gasteiger partial charge in [-0.2, -0.15) is 0 Å². The third kappa shape index (κ3) is 2.29. The SMILES string of the molecule is O=C(N[C@@H]1c2ccccc2C[C@@H]1O)c1nc(Cl)c2ccccn12. The average molecular weight is 328 g/mol. The van der Waals surface area contributed by atoms with Crippen molar-refractivity contribution in [1.29, 1.82) is 0 Å². The predicted octanol–water partition coefficient (Wildman–Crippen LogP) is 2.38. The van der Waals surface area contributed by atoms with Crippen LogP contribution in [0.4, 0.5) is 0 Å². The summed E-state index contributed by atoms with van der Waals surface area (Å²) in [5, 5.41) is 13.4. The first-order valence-electron chi connectivity index (χ1n) is 7.34. The van der Waals surface area contributed by atoms with Gasteiger partial charge in [0.1, 0.15) is 0 Å².